The highest BCUT2D eigenvalue weighted by molar-refractivity contribution is 6.31. The van der Waals surface area contributed by atoms with Crippen molar-refractivity contribution in [3.05, 3.63) is 28.8 Å². The molecule has 0 atom stereocenters. The number of phenols is 1. The van der Waals surface area contributed by atoms with Crippen molar-refractivity contribution in [3.63, 3.8) is 0 Å². The van der Waals surface area contributed by atoms with Gasteiger partial charge in [-0.2, -0.15) is 5.10 Å². The van der Waals surface area contributed by atoms with Crippen LogP contribution in [-0.4, -0.2) is 17.2 Å². The first-order chi connectivity index (χ1) is 9.16. The van der Waals surface area contributed by atoms with Crippen molar-refractivity contribution in [2.75, 3.05) is 0 Å². The molecule has 1 aromatic carbocycles. The second kappa shape index (κ2) is 6.57. The van der Waals surface area contributed by atoms with Gasteiger partial charge in [-0.25, -0.2) is 5.43 Å². The lowest BCUT2D eigenvalue weighted by Crippen LogP contribution is -2.19. The predicted molar refractivity (Wildman–Crippen MR) is 75.7 cm³/mol. The topological polar surface area (TPSA) is 61.7 Å². The van der Waals surface area contributed by atoms with Gasteiger partial charge in [-0.1, -0.05) is 30.9 Å². The Labute approximate surface area is 117 Å². The summed E-state index contributed by atoms with van der Waals surface area (Å²) in [5.74, 6) is -0.108. The number of amides is 1. The molecule has 1 fully saturated rings. The molecule has 2 N–H and O–H groups in total. The van der Waals surface area contributed by atoms with Crippen LogP contribution in [0, 0.1) is 5.92 Å². The lowest BCUT2D eigenvalue weighted by molar-refractivity contribution is 0.0952. The minimum absolute atomic E-state index is 0.102. The molecule has 102 valence electrons. The number of hydrogen-bond acceptors (Lipinski definition) is 3. The van der Waals surface area contributed by atoms with Crippen LogP contribution in [0.15, 0.2) is 23.3 Å². The molecule has 1 saturated carbocycles. The van der Waals surface area contributed by atoms with Crippen LogP contribution in [0.2, 0.25) is 5.02 Å². The number of carbonyl (C=O) groups excluding carboxylic acids is 1. The summed E-state index contributed by atoms with van der Waals surface area (Å²) in [5.41, 5.74) is 2.56. The molecule has 0 bridgehead atoms. The number of aromatic hydroxyl groups is 1. The Morgan fingerprint density at radius 1 is 1.37 bits per heavy atom. The molecular formula is C14H17ClN2O2. The van der Waals surface area contributed by atoms with Crippen LogP contribution in [0.1, 0.15) is 42.5 Å². The van der Waals surface area contributed by atoms with Crippen LogP contribution in [-0.2, 0) is 0 Å². The van der Waals surface area contributed by atoms with Crippen molar-refractivity contribution >= 4 is 23.7 Å². The lowest BCUT2D eigenvalue weighted by atomic mass is 9.90. The molecule has 19 heavy (non-hydrogen) atoms. The van der Waals surface area contributed by atoms with Crippen LogP contribution >= 0.6 is 11.6 Å². The highest BCUT2D eigenvalue weighted by Crippen LogP contribution is 2.22. The molecule has 0 aromatic heterocycles. The van der Waals surface area contributed by atoms with E-state index >= 15 is 0 Å². The van der Waals surface area contributed by atoms with Crippen molar-refractivity contribution in [2.24, 2.45) is 11.0 Å². The molecule has 0 aliphatic heterocycles. The van der Waals surface area contributed by atoms with E-state index in [1.807, 2.05) is 0 Å². The summed E-state index contributed by atoms with van der Waals surface area (Å²) in [6.45, 7) is 0. The quantitative estimate of drug-likeness (QED) is 0.659. The number of hydrogen-bond donors (Lipinski definition) is 2. The zero-order valence-corrected chi connectivity index (χ0v) is 11.4. The molecule has 0 heterocycles. The molecule has 0 unspecified atom stereocenters. The third-order valence-electron chi connectivity index (χ3n) is 3.30. The summed E-state index contributed by atoms with van der Waals surface area (Å²) in [4.78, 5) is 11.8. The Balaban J connectivity index is 1.93. The summed E-state index contributed by atoms with van der Waals surface area (Å²) in [7, 11) is 0. The molecular weight excluding hydrogens is 264 g/mol. The lowest BCUT2D eigenvalue weighted by Gasteiger charge is -2.16. The maximum Gasteiger partial charge on any atom is 0.275 e. The average molecular weight is 281 g/mol. The molecule has 2 rings (SSSR count). The number of nitrogens with one attached hydrogen (secondary N) is 1. The number of carbonyl (C=O) groups is 1. The molecule has 0 spiro atoms. The van der Waals surface area contributed by atoms with Crippen LogP contribution in [0.5, 0.6) is 5.75 Å². The summed E-state index contributed by atoms with van der Waals surface area (Å²) < 4.78 is 0. The maximum absolute atomic E-state index is 11.8. The highest BCUT2D eigenvalue weighted by Gasteiger charge is 2.12. The van der Waals surface area contributed by atoms with Crippen LogP contribution in [0.25, 0.3) is 0 Å². The highest BCUT2D eigenvalue weighted by atomic mass is 35.5. The molecule has 0 radical (unpaired) electrons. The van der Waals surface area contributed by atoms with E-state index < -0.39 is 5.91 Å². The average Bonchev–Trinajstić information content (AvgIpc) is 2.42. The normalized spacial score (nSPS) is 16.7. The van der Waals surface area contributed by atoms with Gasteiger partial charge in [0.1, 0.15) is 5.75 Å². The smallest absolute Gasteiger partial charge is 0.275 e. The van der Waals surface area contributed by atoms with E-state index in [2.05, 4.69) is 10.5 Å². The van der Waals surface area contributed by atoms with Gasteiger partial charge in [0.25, 0.3) is 5.91 Å². The van der Waals surface area contributed by atoms with Gasteiger partial charge in [0.05, 0.1) is 5.56 Å². The molecule has 1 aliphatic rings. The number of halogens is 1. The van der Waals surface area contributed by atoms with Gasteiger partial charge in [-0.15, -0.1) is 0 Å². The van der Waals surface area contributed by atoms with Crippen LogP contribution in [0.4, 0.5) is 0 Å². The first kappa shape index (κ1) is 13.9. The second-order valence-corrected chi connectivity index (χ2v) is 5.22. The Hall–Kier alpha value is -1.55. The Morgan fingerprint density at radius 3 is 2.84 bits per heavy atom. The van der Waals surface area contributed by atoms with Gasteiger partial charge in [-0.3, -0.25) is 4.79 Å². The van der Waals surface area contributed by atoms with Crippen molar-refractivity contribution < 1.29 is 9.90 Å². The fourth-order valence-corrected chi connectivity index (χ4v) is 2.41. The van der Waals surface area contributed by atoms with Gasteiger partial charge in [-0.05, 0) is 37.0 Å². The van der Waals surface area contributed by atoms with E-state index in [0.29, 0.717) is 10.9 Å². The summed E-state index contributed by atoms with van der Waals surface area (Å²) in [6.07, 6.45) is 7.77. The van der Waals surface area contributed by atoms with Crippen molar-refractivity contribution in [1.82, 2.24) is 5.43 Å². The fourth-order valence-electron chi connectivity index (χ4n) is 2.23. The monoisotopic (exact) mass is 280 g/mol. The predicted octanol–water partition coefficient (Wildman–Crippen LogP) is 3.34. The Bertz CT molecular complexity index is 482. The zero-order chi connectivity index (χ0) is 13.7. The molecule has 1 amide bonds. The number of nitrogens with zero attached hydrogens (tertiary/aromatic N) is 1. The number of rotatable bonds is 3. The first-order valence-electron chi connectivity index (χ1n) is 6.49. The van der Waals surface area contributed by atoms with E-state index in [-0.39, 0.29) is 11.3 Å². The van der Waals surface area contributed by atoms with Crippen molar-refractivity contribution in [1.29, 1.82) is 0 Å². The van der Waals surface area contributed by atoms with Gasteiger partial charge >= 0.3 is 0 Å². The standard InChI is InChI=1S/C14H17ClN2O2/c15-11-6-7-13(18)12(8-11)14(19)17-16-9-10-4-2-1-3-5-10/h6-10,18H,1-5H2,(H,17,19)/b16-9-. The maximum atomic E-state index is 11.8. The van der Waals surface area contributed by atoms with Gasteiger partial charge in [0, 0.05) is 11.2 Å². The molecule has 1 aromatic rings. The fraction of sp³-hybridized carbons (Fsp3) is 0.429. The van der Waals surface area contributed by atoms with Crippen molar-refractivity contribution in [2.45, 2.75) is 32.1 Å². The summed E-state index contributed by atoms with van der Waals surface area (Å²) in [5, 5.41) is 13.9. The van der Waals surface area contributed by atoms with E-state index in [4.69, 9.17) is 11.6 Å². The SMILES string of the molecule is O=C(N/N=C\C1CCCCC1)c1cc(Cl)ccc1O. The number of hydrazone groups is 1. The minimum Gasteiger partial charge on any atom is -0.507 e. The van der Waals surface area contributed by atoms with Gasteiger partial charge < -0.3 is 5.11 Å². The molecule has 1 aliphatic carbocycles. The first-order valence-corrected chi connectivity index (χ1v) is 6.86. The van der Waals surface area contributed by atoms with Crippen LogP contribution < -0.4 is 5.43 Å². The summed E-state index contributed by atoms with van der Waals surface area (Å²) >= 11 is 5.79. The molecule has 5 heteroatoms. The minimum atomic E-state index is -0.452. The van der Waals surface area contributed by atoms with Gasteiger partial charge in [0.15, 0.2) is 0 Å². The number of phenolic OH excluding ortho intramolecular Hbond substituents is 1. The van der Waals surface area contributed by atoms with Crippen LogP contribution in [0.3, 0.4) is 0 Å². The zero-order valence-electron chi connectivity index (χ0n) is 10.6. The third kappa shape index (κ3) is 3.96. The van der Waals surface area contributed by atoms with E-state index in [9.17, 15) is 9.90 Å². The van der Waals surface area contributed by atoms with E-state index in [1.54, 1.807) is 6.21 Å². The van der Waals surface area contributed by atoms with E-state index in [0.717, 1.165) is 12.8 Å². The molecule has 4 nitrogen and oxygen atoms in total. The van der Waals surface area contributed by atoms with Gasteiger partial charge in [0.2, 0.25) is 0 Å². The Kier molecular flexibility index (Phi) is 4.80. The number of benzene rings is 1. The second-order valence-electron chi connectivity index (χ2n) is 4.78. The summed E-state index contributed by atoms with van der Waals surface area (Å²) in [6, 6.07) is 4.34. The van der Waals surface area contributed by atoms with Crippen molar-refractivity contribution in [3.8, 4) is 5.75 Å². The molecule has 0 saturated heterocycles. The largest absolute Gasteiger partial charge is 0.507 e. The Morgan fingerprint density at radius 2 is 2.11 bits per heavy atom. The van der Waals surface area contributed by atoms with E-state index in [1.165, 1.54) is 37.5 Å². The third-order valence-corrected chi connectivity index (χ3v) is 3.54.